The molecule has 0 saturated carbocycles. The van der Waals surface area contributed by atoms with Crippen molar-refractivity contribution in [3.63, 3.8) is 0 Å². The Morgan fingerprint density at radius 2 is 2.21 bits per heavy atom. The van der Waals surface area contributed by atoms with Gasteiger partial charge in [0.1, 0.15) is 0 Å². The second kappa shape index (κ2) is 5.94. The predicted octanol–water partition coefficient (Wildman–Crippen LogP) is 2.28. The van der Waals surface area contributed by atoms with E-state index in [9.17, 15) is 0 Å². The number of nitrogen functional groups attached to an aromatic ring is 1. The number of nitrogens with one attached hydrogen (secondary N) is 1. The molecule has 0 bridgehead atoms. The number of hydrogen-bond acceptors (Lipinski definition) is 3. The Morgan fingerprint density at radius 3 is 2.93 bits per heavy atom. The van der Waals surface area contributed by atoms with E-state index in [1.807, 2.05) is 24.8 Å². The number of thioether (sulfide) groups is 1. The van der Waals surface area contributed by atoms with Crippen molar-refractivity contribution in [2.24, 2.45) is 0 Å². The first-order valence-corrected chi connectivity index (χ1v) is 5.93. The summed E-state index contributed by atoms with van der Waals surface area (Å²) in [7, 11) is 0. The van der Waals surface area contributed by atoms with Crippen LogP contribution >= 0.6 is 11.8 Å². The Bertz CT molecular complexity index is 287. The first kappa shape index (κ1) is 11.4. The summed E-state index contributed by atoms with van der Waals surface area (Å²) < 4.78 is 0. The zero-order valence-corrected chi connectivity index (χ0v) is 9.66. The molecule has 0 spiro atoms. The monoisotopic (exact) mass is 210 g/mol. The lowest BCUT2D eigenvalue weighted by atomic mass is 10.2. The van der Waals surface area contributed by atoms with Gasteiger partial charge in [0.15, 0.2) is 0 Å². The Morgan fingerprint density at radius 1 is 1.43 bits per heavy atom. The van der Waals surface area contributed by atoms with E-state index in [1.165, 1.54) is 10.5 Å². The van der Waals surface area contributed by atoms with Gasteiger partial charge >= 0.3 is 0 Å². The number of aryl methyl sites for hydroxylation is 1. The second-order valence-corrected chi connectivity index (χ2v) is 4.33. The fourth-order valence-electron chi connectivity index (χ4n) is 1.19. The number of rotatable bonds is 5. The summed E-state index contributed by atoms with van der Waals surface area (Å²) >= 11 is 1.81. The molecule has 1 rings (SSSR count). The number of nitrogens with two attached hydrogens (primary N) is 1. The fraction of sp³-hybridized carbons (Fsp3) is 0.455. The maximum Gasteiger partial charge on any atom is 0.0481 e. The molecule has 0 aliphatic carbocycles. The van der Waals surface area contributed by atoms with Crippen LogP contribution in [-0.4, -0.2) is 18.8 Å². The van der Waals surface area contributed by atoms with Crippen molar-refractivity contribution >= 4 is 17.4 Å². The molecule has 0 amide bonds. The number of benzene rings is 1. The van der Waals surface area contributed by atoms with Gasteiger partial charge < -0.3 is 11.1 Å². The highest BCUT2D eigenvalue weighted by atomic mass is 32.2. The molecular formula is C11H18N2S. The Kier molecular flexibility index (Phi) is 4.84. The average Bonchev–Trinajstić information content (AvgIpc) is 2.19. The highest BCUT2D eigenvalue weighted by molar-refractivity contribution is 7.99. The summed E-state index contributed by atoms with van der Waals surface area (Å²) in [4.78, 5) is 1.20. The molecule has 2 nitrogen and oxygen atoms in total. The SMILES string of the molecule is CCNCCSc1cccc(C)c1N. The lowest BCUT2D eigenvalue weighted by Crippen LogP contribution is -2.15. The van der Waals surface area contributed by atoms with Gasteiger partial charge in [0.25, 0.3) is 0 Å². The maximum atomic E-state index is 5.96. The van der Waals surface area contributed by atoms with E-state index in [1.54, 1.807) is 0 Å². The van der Waals surface area contributed by atoms with Crippen LogP contribution < -0.4 is 11.1 Å². The van der Waals surface area contributed by atoms with E-state index in [0.717, 1.165) is 24.5 Å². The highest BCUT2D eigenvalue weighted by Crippen LogP contribution is 2.26. The van der Waals surface area contributed by atoms with E-state index < -0.39 is 0 Å². The van der Waals surface area contributed by atoms with Gasteiger partial charge in [-0.3, -0.25) is 0 Å². The number of hydrogen-bond donors (Lipinski definition) is 2. The predicted molar refractivity (Wildman–Crippen MR) is 64.9 cm³/mol. The van der Waals surface area contributed by atoms with Crippen LogP contribution in [0.3, 0.4) is 0 Å². The molecule has 0 fully saturated rings. The molecule has 0 radical (unpaired) electrons. The van der Waals surface area contributed by atoms with Gasteiger partial charge in [0, 0.05) is 22.9 Å². The minimum absolute atomic E-state index is 0.925. The molecule has 3 N–H and O–H groups in total. The van der Waals surface area contributed by atoms with Crippen LogP contribution in [0.2, 0.25) is 0 Å². The lowest BCUT2D eigenvalue weighted by Gasteiger charge is -2.07. The Hall–Kier alpha value is -0.670. The van der Waals surface area contributed by atoms with Gasteiger partial charge in [-0.1, -0.05) is 19.1 Å². The van der Waals surface area contributed by atoms with Crippen molar-refractivity contribution in [3.8, 4) is 0 Å². The van der Waals surface area contributed by atoms with Gasteiger partial charge in [-0.2, -0.15) is 0 Å². The van der Waals surface area contributed by atoms with Gasteiger partial charge in [-0.05, 0) is 25.1 Å². The second-order valence-electron chi connectivity index (χ2n) is 3.19. The van der Waals surface area contributed by atoms with E-state index in [4.69, 9.17) is 5.73 Å². The minimum atomic E-state index is 0.925. The van der Waals surface area contributed by atoms with Crippen LogP contribution in [0.25, 0.3) is 0 Å². The van der Waals surface area contributed by atoms with Crippen LogP contribution in [0, 0.1) is 6.92 Å². The van der Waals surface area contributed by atoms with Crippen LogP contribution in [0.15, 0.2) is 23.1 Å². The molecular weight excluding hydrogens is 192 g/mol. The molecule has 0 atom stereocenters. The van der Waals surface area contributed by atoms with E-state index in [2.05, 4.69) is 24.4 Å². The van der Waals surface area contributed by atoms with Gasteiger partial charge in [0.05, 0.1) is 0 Å². The number of para-hydroxylation sites is 1. The zero-order chi connectivity index (χ0) is 10.4. The summed E-state index contributed by atoms with van der Waals surface area (Å²) in [6.45, 7) is 6.23. The highest BCUT2D eigenvalue weighted by Gasteiger charge is 2.00. The third-order valence-corrected chi connectivity index (χ3v) is 3.15. The van der Waals surface area contributed by atoms with Crippen molar-refractivity contribution in [1.82, 2.24) is 5.32 Å². The fourth-order valence-corrected chi connectivity index (χ4v) is 2.15. The van der Waals surface area contributed by atoms with Gasteiger partial charge in [-0.15, -0.1) is 11.8 Å². The quantitative estimate of drug-likeness (QED) is 0.445. The lowest BCUT2D eigenvalue weighted by molar-refractivity contribution is 0.768. The summed E-state index contributed by atoms with van der Waals surface area (Å²) in [6.07, 6.45) is 0. The molecule has 78 valence electrons. The van der Waals surface area contributed by atoms with Gasteiger partial charge in [0.2, 0.25) is 0 Å². The Labute approximate surface area is 90.3 Å². The van der Waals surface area contributed by atoms with Crippen LogP contribution in [-0.2, 0) is 0 Å². The smallest absolute Gasteiger partial charge is 0.0481 e. The normalized spacial score (nSPS) is 10.4. The van der Waals surface area contributed by atoms with E-state index in [-0.39, 0.29) is 0 Å². The molecule has 14 heavy (non-hydrogen) atoms. The maximum absolute atomic E-state index is 5.96. The molecule has 0 aliphatic heterocycles. The third-order valence-electron chi connectivity index (χ3n) is 2.07. The minimum Gasteiger partial charge on any atom is -0.398 e. The van der Waals surface area contributed by atoms with Gasteiger partial charge in [-0.25, -0.2) is 0 Å². The van der Waals surface area contributed by atoms with Crippen LogP contribution in [0.4, 0.5) is 5.69 Å². The molecule has 0 unspecified atom stereocenters. The van der Waals surface area contributed by atoms with E-state index in [0.29, 0.717) is 0 Å². The topological polar surface area (TPSA) is 38.0 Å². The molecule has 0 heterocycles. The van der Waals surface area contributed by atoms with Crippen molar-refractivity contribution in [1.29, 1.82) is 0 Å². The molecule has 0 aromatic heterocycles. The zero-order valence-electron chi connectivity index (χ0n) is 8.84. The summed E-state index contributed by atoms with van der Waals surface area (Å²) in [5.74, 6) is 1.07. The Balaban J connectivity index is 2.46. The summed E-state index contributed by atoms with van der Waals surface area (Å²) in [5, 5.41) is 3.29. The summed E-state index contributed by atoms with van der Waals surface area (Å²) in [5.41, 5.74) is 8.05. The molecule has 1 aromatic carbocycles. The molecule has 3 heteroatoms. The average molecular weight is 210 g/mol. The third kappa shape index (κ3) is 3.24. The molecule has 1 aromatic rings. The summed E-state index contributed by atoms with van der Waals surface area (Å²) in [6, 6.07) is 6.18. The van der Waals surface area contributed by atoms with Crippen molar-refractivity contribution < 1.29 is 0 Å². The van der Waals surface area contributed by atoms with E-state index >= 15 is 0 Å². The standard InChI is InChI=1S/C11H18N2S/c1-3-13-7-8-14-10-6-4-5-9(2)11(10)12/h4-6,13H,3,7-8,12H2,1-2H3. The first-order valence-electron chi connectivity index (χ1n) is 4.94. The molecule has 0 saturated heterocycles. The largest absolute Gasteiger partial charge is 0.398 e. The molecule has 0 aliphatic rings. The van der Waals surface area contributed by atoms with Crippen LogP contribution in [0.5, 0.6) is 0 Å². The van der Waals surface area contributed by atoms with Crippen molar-refractivity contribution in [2.75, 3.05) is 24.6 Å². The van der Waals surface area contributed by atoms with Crippen LogP contribution in [0.1, 0.15) is 12.5 Å². The number of anilines is 1. The first-order chi connectivity index (χ1) is 6.75. The van der Waals surface area contributed by atoms with Crippen molar-refractivity contribution in [2.45, 2.75) is 18.7 Å². The van der Waals surface area contributed by atoms with Crippen molar-refractivity contribution in [3.05, 3.63) is 23.8 Å².